The molecular weight excluding hydrogens is 176 g/mol. The highest BCUT2D eigenvalue weighted by molar-refractivity contribution is 5.85. The van der Waals surface area contributed by atoms with Crippen molar-refractivity contribution in [3.63, 3.8) is 0 Å². The Balaban J connectivity index is 0.000000720. The molecule has 2 N–H and O–H groups in total. The average molecular weight is 185 g/mol. The summed E-state index contributed by atoms with van der Waals surface area (Å²) in [6.45, 7) is 0.544. The minimum atomic E-state index is 0. The molecule has 0 spiro atoms. The van der Waals surface area contributed by atoms with Crippen LogP contribution < -0.4 is 5.73 Å². The van der Waals surface area contributed by atoms with Gasteiger partial charge in [-0.25, -0.2) is 0 Å². The molecule has 0 aliphatic heterocycles. The van der Waals surface area contributed by atoms with E-state index in [1.807, 2.05) is 18.2 Å². The number of rotatable bonds is 1. The quantitative estimate of drug-likeness (QED) is 0.734. The topological polar surface area (TPSA) is 52.0 Å². The Morgan fingerprint density at radius 1 is 1.42 bits per heavy atom. The molecule has 12 heavy (non-hydrogen) atoms. The fourth-order valence-corrected chi connectivity index (χ4v) is 1.03. The van der Waals surface area contributed by atoms with Gasteiger partial charge in [-0.05, 0) is 17.7 Å². The maximum absolute atomic E-state index is 5.45. The summed E-state index contributed by atoms with van der Waals surface area (Å²) < 4.78 is 4.77. The van der Waals surface area contributed by atoms with Gasteiger partial charge in [0.1, 0.15) is 11.8 Å². The Labute approximate surface area is 75.9 Å². The SMILES string of the molecule is Cl.NCc1ccc2conc2c1. The lowest BCUT2D eigenvalue weighted by Gasteiger charge is -1.92. The lowest BCUT2D eigenvalue weighted by molar-refractivity contribution is 0.428. The number of hydrogen-bond donors (Lipinski definition) is 1. The molecule has 2 rings (SSSR count). The Morgan fingerprint density at radius 2 is 2.25 bits per heavy atom. The molecule has 2 aromatic rings. The predicted molar refractivity (Wildman–Crippen MR) is 49.1 cm³/mol. The third kappa shape index (κ3) is 1.42. The number of hydrogen-bond acceptors (Lipinski definition) is 3. The highest BCUT2D eigenvalue weighted by Crippen LogP contribution is 2.13. The summed E-state index contributed by atoms with van der Waals surface area (Å²) in [5.41, 5.74) is 7.40. The minimum absolute atomic E-state index is 0. The van der Waals surface area contributed by atoms with Gasteiger partial charge in [-0.3, -0.25) is 0 Å². The Morgan fingerprint density at radius 3 is 3.00 bits per heavy atom. The molecule has 64 valence electrons. The van der Waals surface area contributed by atoms with E-state index >= 15 is 0 Å². The molecule has 0 unspecified atom stereocenters. The molecule has 3 nitrogen and oxygen atoms in total. The summed E-state index contributed by atoms with van der Waals surface area (Å²) in [5, 5.41) is 4.81. The second-order valence-electron chi connectivity index (χ2n) is 2.41. The first kappa shape index (κ1) is 9.03. The molecule has 0 radical (unpaired) electrons. The van der Waals surface area contributed by atoms with Crippen molar-refractivity contribution in [3.8, 4) is 0 Å². The summed E-state index contributed by atoms with van der Waals surface area (Å²) in [6.07, 6.45) is 1.62. The lowest BCUT2D eigenvalue weighted by atomic mass is 10.2. The zero-order valence-corrected chi connectivity index (χ0v) is 7.17. The van der Waals surface area contributed by atoms with Crippen LogP contribution in [-0.4, -0.2) is 5.16 Å². The van der Waals surface area contributed by atoms with E-state index in [0.717, 1.165) is 16.5 Å². The summed E-state index contributed by atoms with van der Waals surface area (Å²) in [7, 11) is 0. The maximum Gasteiger partial charge on any atom is 0.131 e. The van der Waals surface area contributed by atoms with Gasteiger partial charge in [0, 0.05) is 11.9 Å². The van der Waals surface area contributed by atoms with Gasteiger partial charge in [0.25, 0.3) is 0 Å². The minimum Gasteiger partial charge on any atom is -0.364 e. The summed E-state index contributed by atoms with van der Waals surface area (Å²) in [6, 6.07) is 5.85. The van der Waals surface area contributed by atoms with E-state index in [1.165, 1.54) is 0 Å². The number of nitrogens with two attached hydrogens (primary N) is 1. The third-order valence-electron chi connectivity index (χ3n) is 1.66. The van der Waals surface area contributed by atoms with Gasteiger partial charge in [0.05, 0.1) is 0 Å². The lowest BCUT2D eigenvalue weighted by Crippen LogP contribution is -1.94. The normalized spacial score (nSPS) is 9.75. The third-order valence-corrected chi connectivity index (χ3v) is 1.66. The van der Waals surface area contributed by atoms with Crippen molar-refractivity contribution in [1.82, 2.24) is 5.16 Å². The van der Waals surface area contributed by atoms with Gasteiger partial charge in [-0.2, -0.15) is 0 Å². The van der Waals surface area contributed by atoms with Crippen molar-refractivity contribution in [2.75, 3.05) is 0 Å². The molecule has 1 aromatic heterocycles. The van der Waals surface area contributed by atoms with Gasteiger partial charge in [0.15, 0.2) is 0 Å². The molecule has 0 aliphatic rings. The van der Waals surface area contributed by atoms with Crippen LogP contribution in [0, 0.1) is 0 Å². The number of nitrogens with zero attached hydrogens (tertiary/aromatic N) is 1. The van der Waals surface area contributed by atoms with E-state index in [-0.39, 0.29) is 12.4 Å². The van der Waals surface area contributed by atoms with Crippen molar-refractivity contribution in [2.24, 2.45) is 5.73 Å². The van der Waals surface area contributed by atoms with Crippen LogP contribution in [0.1, 0.15) is 5.56 Å². The largest absolute Gasteiger partial charge is 0.364 e. The first-order chi connectivity index (χ1) is 5.40. The predicted octanol–water partition coefficient (Wildman–Crippen LogP) is 1.71. The van der Waals surface area contributed by atoms with Crippen molar-refractivity contribution in [2.45, 2.75) is 6.54 Å². The van der Waals surface area contributed by atoms with Crippen LogP contribution in [0.5, 0.6) is 0 Å². The fourth-order valence-electron chi connectivity index (χ4n) is 1.03. The molecule has 1 heterocycles. The number of fused-ring (bicyclic) bond motifs is 1. The molecule has 0 saturated heterocycles. The van der Waals surface area contributed by atoms with Gasteiger partial charge in [-0.15, -0.1) is 12.4 Å². The van der Waals surface area contributed by atoms with E-state index < -0.39 is 0 Å². The van der Waals surface area contributed by atoms with Crippen molar-refractivity contribution in [3.05, 3.63) is 30.0 Å². The molecule has 0 bridgehead atoms. The van der Waals surface area contributed by atoms with Crippen LogP contribution in [0.15, 0.2) is 29.0 Å². The van der Waals surface area contributed by atoms with E-state index in [4.69, 9.17) is 10.3 Å². The molecule has 0 amide bonds. The second kappa shape index (κ2) is 3.56. The molecule has 0 atom stereocenters. The molecule has 0 fully saturated rings. The van der Waals surface area contributed by atoms with Crippen molar-refractivity contribution < 1.29 is 4.52 Å². The zero-order valence-electron chi connectivity index (χ0n) is 6.36. The second-order valence-corrected chi connectivity index (χ2v) is 2.41. The molecule has 0 aliphatic carbocycles. The molecule has 1 aromatic carbocycles. The highest BCUT2D eigenvalue weighted by Gasteiger charge is 1.97. The number of halogens is 1. The van der Waals surface area contributed by atoms with Crippen LogP contribution >= 0.6 is 12.4 Å². The van der Waals surface area contributed by atoms with E-state index in [2.05, 4.69) is 5.16 Å². The van der Waals surface area contributed by atoms with E-state index in [0.29, 0.717) is 6.54 Å². The first-order valence-electron chi connectivity index (χ1n) is 3.43. The Hall–Kier alpha value is -1.06. The average Bonchev–Trinajstić information content (AvgIpc) is 2.50. The Kier molecular flexibility index (Phi) is 2.68. The van der Waals surface area contributed by atoms with Crippen molar-refractivity contribution >= 4 is 23.3 Å². The van der Waals surface area contributed by atoms with Gasteiger partial charge in [-0.1, -0.05) is 11.2 Å². The van der Waals surface area contributed by atoms with E-state index in [9.17, 15) is 0 Å². The summed E-state index contributed by atoms with van der Waals surface area (Å²) in [4.78, 5) is 0. The van der Waals surface area contributed by atoms with E-state index in [1.54, 1.807) is 6.26 Å². The van der Waals surface area contributed by atoms with Crippen molar-refractivity contribution in [1.29, 1.82) is 0 Å². The van der Waals surface area contributed by atoms with Gasteiger partial charge >= 0.3 is 0 Å². The van der Waals surface area contributed by atoms with Crippen LogP contribution in [0.2, 0.25) is 0 Å². The molecular formula is C8H9ClN2O. The van der Waals surface area contributed by atoms with Gasteiger partial charge in [0.2, 0.25) is 0 Å². The smallest absolute Gasteiger partial charge is 0.131 e. The molecule has 4 heteroatoms. The monoisotopic (exact) mass is 184 g/mol. The van der Waals surface area contributed by atoms with Crippen LogP contribution in [-0.2, 0) is 6.54 Å². The Bertz CT molecular complexity index is 372. The number of benzene rings is 1. The standard InChI is InChI=1S/C8H8N2O.ClH/c9-4-6-1-2-7-5-11-10-8(7)3-6;/h1-3,5H,4,9H2;1H. The zero-order chi connectivity index (χ0) is 7.68. The first-order valence-corrected chi connectivity index (χ1v) is 3.43. The molecule has 0 saturated carbocycles. The maximum atomic E-state index is 5.45. The fraction of sp³-hybridized carbons (Fsp3) is 0.125. The van der Waals surface area contributed by atoms with Gasteiger partial charge < -0.3 is 10.3 Å². The number of aromatic nitrogens is 1. The summed E-state index contributed by atoms with van der Waals surface area (Å²) in [5.74, 6) is 0. The van der Waals surface area contributed by atoms with Crippen LogP contribution in [0.4, 0.5) is 0 Å². The van der Waals surface area contributed by atoms with Crippen LogP contribution in [0.25, 0.3) is 10.9 Å². The highest BCUT2D eigenvalue weighted by atomic mass is 35.5. The summed E-state index contributed by atoms with van der Waals surface area (Å²) >= 11 is 0. The van der Waals surface area contributed by atoms with Crippen LogP contribution in [0.3, 0.4) is 0 Å².